The van der Waals surface area contributed by atoms with Crippen LogP contribution >= 0.6 is 0 Å². The first-order valence-corrected chi connectivity index (χ1v) is 7.94. The normalized spacial score (nSPS) is 18.1. The summed E-state index contributed by atoms with van der Waals surface area (Å²) in [5.41, 5.74) is 2.51. The third-order valence-electron chi connectivity index (χ3n) is 4.01. The summed E-state index contributed by atoms with van der Waals surface area (Å²) in [5, 5.41) is 6.68. The molecule has 2 amide bonds. The molecule has 0 aliphatic carbocycles. The first-order valence-electron chi connectivity index (χ1n) is 7.94. The van der Waals surface area contributed by atoms with Crippen molar-refractivity contribution in [2.24, 2.45) is 0 Å². The highest BCUT2D eigenvalue weighted by molar-refractivity contribution is 6.00. The summed E-state index contributed by atoms with van der Waals surface area (Å²) in [7, 11) is 0. The fourth-order valence-electron chi connectivity index (χ4n) is 2.76. The number of hydrogen-bond acceptors (Lipinski definition) is 4. The van der Waals surface area contributed by atoms with Crippen molar-refractivity contribution in [3.8, 4) is 0 Å². The van der Waals surface area contributed by atoms with Gasteiger partial charge in [0.15, 0.2) is 5.58 Å². The zero-order chi connectivity index (χ0) is 16.2. The number of fused-ring (bicyclic) bond motifs is 1. The average Bonchev–Trinajstić information content (AvgIpc) is 2.91. The zero-order valence-electron chi connectivity index (χ0n) is 13.5. The highest BCUT2D eigenvalue weighted by Gasteiger charge is 2.17. The van der Waals surface area contributed by atoms with Crippen molar-refractivity contribution in [2.45, 2.75) is 26.4 Å². The van der Waals surface area contributed by atoms with Crippen LogP contribution in [0.2, 0.25) is 0 Å². The van der Waals surface area contributed by atoms with Gasteiger partial charge in [-0.2, -0.15) is 0 Å². The Labute approximate surface area is 135 Å². The number of amides is 2. The van der Waals surface area contributed by atoms with Gasteiger partial charge in [0.1, 0.15) is 5.76 Å². The Morgan fingerprint density at radius 1 is 1.35 bits per heavy atom. The summed E-state index contributed by atoms with van der Waals surface area (Å²) in [4.78, 5) is 12.1. The number of urea groups is 1. The van der Waals surface area contributed by atoms with E-state index >= 15 is 0 Å². The van der Waals surface area contributed by atoms with Crippen LogP contribution in [0.25, 0.3) is 11.0 Å². The maximum absolute atomic E-state index is 12.1. The molecule has 1 saturated heterocycles. The summed E-state index contributed by atoms with van der Waals surface area (Å²) in [5.74, 6) is 0.947. The molecule has 3 rings (SSSR count). The number of rotatable bonds is 4. The molecule has 124 valence electrons. The van der Waals surface area contributed by atoms with Gasteiger partial charge in [0.05, 0.1) is 31.6 Å². The van der Waals surface area contributed by atoms with Crippen molar-refractivity contribution >= 4 is 22.7 Å². The first-order chi connectivity index (χ1) is 11.2. The number of anilines is 1. The molecule has 1 fully saturated rings. The lowest BCUT2D eigenvalue weighted by atomic mass is 10.1. The highest BCUT2D eigenvalue weighted by atomic mass is 16.6. The van der Waals surface area contributed by atoms with Crippen molar-refractivity contribution in [1.82, 2.24) is 5.32 Å². The lowest BCUT2D eigenvalue weighted by Gasteiger charge is -2.23. The van der Waals surface area contributed by atoms with Crippen molar-refractivity contribution < 1.29 is 18.7 Å². The second kappa shape index (κ2) is 7.02. The standard InChI is InChI=1S/C17H22N2O4/c1-3-15-11(2)13-5-4-6-14(16(13)23-15)19-17(20)18-9-12-10-21-7-8-22-12/h4-6,12H,3,7-10H2,1-2H3,(H2,18,19,20)/t12-/m1/s1. The second-order valence-electron chi connectivity index (χ2n) is 5.59. The number of para-hydroxylation sites is 1. The van der Waals surface area contributed by atoms with Crippen LogP contribution in [0.1, 0.15) is 18.2 Å². The lowest BCUT2D eigenvalue weighted by molar-refractivity contribution is -0.0852. The molecule has 0 spiro atoms. The molecule has 0 unspecified atom stereocenters. The van der Waals surface area contributed by atoms with Gasteiger partial charge in [0, 0.05) is 18.4 Å². The van der Waals surface area contributed by atoms with Gasteiger partial charge >= 0.3 is 6.03 Å². The Kier molecular flexibility index (Phi) is 4.83. The molecule has 2 N–H and O–H groups in total. The van der Waals surface area contributed by atoms with Gasteiger partial charge in [-0.15, -0.1) is 0 Å². The van der Waals surface area contributed by atoms with Crippen LogP contribution < -0.4 is 10.6 Å². The fourth-order valence-corrected chi connectivity index (χ4v) is 2.76. The Morgan fingerprint density at radius 2 is 2.22 bits per heavy atom. The van der Waals surface area contributed by atoms with Crippen LogP contribution in [0.4, 0.5) is 10.5 Å². The van der Waals surface area contributed by atoms with Gasteiger partial charge in [-0.3, -0.25) is 0 Å². The third-order valence-corrected chi connectivity index (χ3v) is 4.01. The molecular weight excluding hydrogens is 296 g/mol. The lowest BCUT2D eigenvalue weighted by Crippen LogP contribution is -2.41. The van der Waals surface area contributed by atoms with Gasteiger partial charge in [-0.05, 0) is 18.6 Å². The number of carbonyl (C=O) groups is 1. The first kappa shape index (κ1) is 15.8. The van der Waals surface area contributed by atoms with Gasteiger partial charge in [-0.25, -0.2) is 4.79 Å². The average molecular weight is 318 g/mol. The highest BCUT2D eigenvalue weighted by Crippen LogP contribution is 2.31. The largest absolute Gasteiger partial charge is 0.459 e. The van der Waals surface area contributed by atoms with Crippen LogP contribution in [0, 0.1) is 6.92 Å². The monoisotopic (exact) mass is 318 g/mol. The number of furan rings is 1. The quantitative estimate of drug-likeness (QED) is 0.909. The molecule has 1 atom stereocenters. The van der Waals surface area contributed by atoms with Gasteiger partial charge < -0.3 is 24.5 Å². The summed E-state index contributed by atoms with van der Waals surface area (Å²) in [6, 6.07) is 5.48. The Balaban J connectivity index is 1.67. The van der Waals surface area contributed by atoms with E-state index in [2.05, 4.69) is 17.6 Å². The summed E-state index contributed by atoms with van der Waals surface area (Å²) < 4.78 is 16.7. The van der Waals surface area contributed by atoms with E-state index in [-0.39, 0.29) is 12.1 Å². The van der Waals surface area contributed by atoms with Crippen molar-refractivity contribution in [3.63, 3.8) is 0 Å². The molecule has 1 aromatic carbocycles. The number of aryl methyl sites for hydroxylation is 2. The molecule has 0 saturated carbocycles. The number of carbonyl (C=O) groups excluding carboxylic acids is 1. The molecule has 0 radical (unpaired) electrons. The summed E-state index contributed by atoms with van der Waals surface area (Å²) in [6.07, 6.45) is 0.730. The maximum Gasteiger partial charge on any atom is 0.319 e. The molecule has 0 bridgehead atoms. The van der Waals surface area contributed by atoms with Crippen LogP contribution in [0.3, 0.4) is 0 Å². The van der Waals surface area contributed by atoms with Gasteiger partial charge in [0.25, 0.3) is 0 Å². The minimum absolute atomic E-state index is 0.0946. The number of ether oxygens (including phenoxy) is 2. The van der Waals surface area contributed by atoms with E-state index in [1.54, 1.807) is 0 Å². The number of hydrogen-bond donors (Lipinski definition) is 2. The van der Waals surface area contributed by atoms with E-state index < -0.39 is 0 Å². The van der Waals surface area contributed by atoms with E-state index in [4.69, 9.17) is 13.9 Å². The van der Waals surface area contributed by atoms with Gasteiger partial charge in [0.2, 0.25) is 0 Å². The second-order valence-corrected chi connectivity index (χ2v) is 5.59. The van der Waals surface area contributed by atoms with Crippen LogP contribution in [0.5, 0.6) is 0 Å². The Bertz CT molecular complexity index is 689. The molecule has 1 aliphatic heterocycles. The topological polar surface area (TPSA) is 72.7 Å². The van der Waals surface area contributed by atoms with E-state index in [0.29, 0.717) is 37.6 Å². The summed E-state index contributed by atoms with van der Waals surface area (Å²) in [6.45, 7) is 6.19. The van der Waals surface area contributed by atoms with Crippen LogP contribution in [0.15, 0.2) is 22.6 Å². The van der Waals surface area contributed by atoms with Crippen molar-refractivity contribution in [3.05, 3.63) is 29.5 Å². The van der Waals surface area contributed by atoms with Crippen molar-refractivity contribution in [1.29, 1.82) is 0 Å². The molecular formula is C17H22N2O4. The third kappa shape index (κ3) is 3.48. The minimum Gasteiger partial charge on any atom is -0.459 e. The molecule has 2 heterocycles. The molecule has 2 aromatic rings. The fraction of sp³-hybridized carbons (Fsp3) is 0.471. The minimum atomic E-state index is -0.279. The molecule has 1 aromatic heterocycles. The van der Waals surface area contributed by atoms with E-state index in [0.717, 1.165) is 23.1 Å². The SMILES string of the molecule is CCc1oc2c(NC(=O)NC[C@@H]3COCCO3)cccc2c1C. The summed E-state index contributed by atoms with van der Waals surface area (Å²) >= 11 is 0. The predicted octanol–water partition coefficient (Wildman–Crippen LogP) is 2.84. The number of nitrogens with one attached hydrogen (secondary N) is 2. The van der Waals surface area contributed by atoms with Crippen LogP contribution in [-0.2, 0) is 15.9 Å². The van der Waals surface area contributed by atoms with E-state index in [1.165, 1.54) is 0 Å². The molecule has 1 aliphatic rings. The Hall–Kier alpha value is -2.05. The maximum atomic E-state index is 12.1. The Morgan fingerprint density at radius 3 is 2.96 bits per heavy atom. The molecule has 23 heavy (non-hydrogen) atoms. The van der Waals surface area contributed by atoms with E-state index in [1.807, 2.05) is 25.1 Å². The number of benzene rings is 1. The smallest absolute Gasteiger partial charge is 0.319 e. The zero-order valence-corrected chi connectivity index (χ0v) is 13.5. The van der Waals surface area contributed by atoms with Gasteiger partial charge in [-0.1, -0.05) is 19.1 Å². The molecule has 6 nitrogen and oxygen atoms in total. The van der Waals surface area contributed by atoms with E-state index in [9.17, 15) is 4.79 Å². The predicted molar refractivity (Wildman–Crippen MR) is 87.9 cm³/mol. The van der Waals surface area contributed by atoms with Crippen molar-refractivity contribution in [2.75, 3.05) is 31.7 Å². The van der Waals surface area contributed by atoms with Crippen LogP contribution in [-0.4, -0.2) is 38.5 Å². The molecule has 6 heteroatoms.